The van der Waals surface area contributed by atoms with Gasteiger partial charge >= 0.3 is 0 Å². The minimum atomic E-state index is -0.108. The quantitative estimate of drug-likeness (QED) is 0.848. The van der Waals surface area contributed by atoms with Crippen LogP contribution in [-0.2, 0) is 22.6 Å². The zero-order chi connectivity index (χ0) is 13.5. The normalized spacial score (nSPS) is 10.4. The van der Waals surface area contributed by atoms with Crippen molar-refractivity contribution < 1.29 is 9.53 Å². The van der Waals surface area contributed by atoms with Crippen molar-refractivity contribution in [1.29, 1.82) is 0 Å². The second-order valence-electron chi connectivity index (χ2n) is 4.23. The van der Waals surface area contributed by atoms with Crippen LogP contribution >= 0.6 is 0 Å². The van der Waals surface area contributed by atoms with Crippen LogP contribution in [0.1, 0.15) is 11.1 Å². The lowest BCUT2D eigenvalue weighted by atomic mass is 10.1. The Labute approximate surface area is 112 Å². The number of carbonyl (C=O) groups is 1. The number of benzene rings is 1. The maximum atomic E-state index is 11.2. The first-order valence-corrected chi connectivity index (χ1v) is 6.09. The zero-order valence-corrected chi connectivity index (χ0v) is 10.9. The Balaban J connectivity index is 1.86. The molecule has 19 heavy (non-hydrogen) atoms. The predicted octanol–water partition coefficient (Wildman–Crippen LogP) is 1.19. The summed E-state index contributed by atoms with van der Waals surface area (Å²) in [7, 11) is 1.50. The minimum Gasteiger partial charge on any atom is -0.375 e. The van der Waals surface area contributed by atoms with E-state index in [-0.39, 0.29) is 12.5 Å². The Bertz CT molecular complexity index is 506. The molecule has 0 saturated heterocycles. The monoisotopic (exact) mass is 259 g/mol. The number of rotatable bonds is 6. The molecule has 5 heteroatoms. The van der Waals surface area contributed by atoms with Crippen LogP contribution < -0.4 is 5.32 Å². The third-order valence-electron chi connectivity index (χ3n) is 2.69. The van der Waals surface area contributed by atoms with E-state index in [2.05, 4.69) is 10.4 Å². The summed E-state index contributed by atoms with van der Waals surface area (Å²) in [5, 5.41) is 6.94. The van der Waals surface area contributed by atoms with Gasteiger partial charge in [-0.25, -0.2) is 0 Å². The van der Waals surface area contributed by atoms with E-state index in [1.165, 1.54) is 12.7 Å². The molecular formula is C14H17N3O2. The van der Waals surface area contributed by atoms with E-state index >= 15 is 0 Å². The molecule has 0 spiro atoms. The van der Waals surface area contributed by atoms with E-state index in [9.17, 15) is 4.79 Å². The molecule has 5 nitrogen and oxygen atoms in total. The molecule has 1 aromatic heterocycles. The van der Waals surface area contributed by atoms with Gasteiger partial charge in [0, 0.05) is 26.0 Å². The van der Waals surface area contributed by atoms with Crippen molar-refractivity contribution in [2.24, 2.45) is 0 Å². The highest BCUT2D eigenvalue weighted by molar-refractivity contribution is 5.77. The van der Waals surface area contributed by atoms with Gasteiger partial charge in [0.1, 0.15) is 6.61 Å². The standard InChI is InChI=1S/C14H17N3O2/c1-19-11-14(18)15-9-12-3-5-13(6-4-12)10-17-8-2-7-16-17/h2-8H,9-11H2,1H3,(H,15,18). The van der Waals surface area contributed by atoms with Crippen LogP contribution in [0.3, 0.4) is 0 Å². The first-order chi connectivity index (χ1) is 9.28. The number of aromatic nitrogens is 2. The van der Waals surface area contributed by atoms with Crippen molar-refractivity contribution >= 4 is 5.91 Å². The van der Waals surface area contributed by atoms with Crippen molar-refractivity contribution in [3.05, 3.63) is 53.9 Å². The highest BCUT2D eigenvalue weighted by Gasteiger charge is 2.00. The number of carbonyl (C=O) groups excluding carboxylic acids is 1. The minimum absolute atomic E-state index is 0.0946. The van der Waals surface area contributed by atoms with Gasteiger partial charge in [-0.2, -0.15) is 5.10 Å². The lowest BCUT2D eigenvalue weighted by molar-refractivity contribution is -0.124. The van der Waals surface area contributed by atoms with Gasteiger partial charge in [-0.05, 0) is 17.2 Å². The summed E-state index contributed by atoms with van der Waals surface area (Å²) in [5.74, 6) is -0.108. The Hall–Kier alpha value is -2.14. The van der Waals surface area contributed by atoms with Crippen LogP contribution in [-0.4, -0.2) is 29.4 Å². The summed E-state index contributed by atoms with van der Waals surface area (Å²) in [6, 6.07) is 10.00. The number of nitrogens with zero attached hydrogens (tertiary/aromatic N) is 2. The van der Waals surface area contributed by atoms with E-state index < -0.39 is 0 Å². The van der Waals surface area contributed by atoms with Crippen molar-refractivity contribution in [3.8, 4) is 0 Å². The van der Waals surface area contributed by atoms with Gasteiger partial charge in [-0.3, -0.25) is 9.48 Å². The third kappa shape index (κ3) is 4.22. The van der Waals surface area contributed by atoms with Crippen molar-refractivity contribution in [2.45, 2.75) is 13.1 Å². The van der Waals surface area contributed by atoms with Gasteiger partial charge in [0.2, 0.25) is 5.91 Å². The van der Waals surface area contributed by atoms with Gasteiger partial charge < -0.3 is 10.1 Å². The van der Waals surface area contributed by atoms with E-state index in [4.69, 9.17) is 4.74 Å². The van der Waals surface area contributed by atoms with Crippen LogP contribution in [0.2, 0.25) is 0 Å². The smallest absolute Gasteiger partial charge is 0.246 e. The Morgan fingerprint density at radius 2 is 2.05 bits per heavy atom. The molecule has 100 valence electrons. The first kappa shape index (κ1) is 13.3. The molecule has 0 atom stereocenters. The van der Waals surface area contributed by atoms with Gasteiger partial charge in [0.05, 0.1) is 6.54 Å². The fourth-order valence-electron chi connectivity index (χ4n) is 1.73. The van der Waals surface area contributed by atoms with Crippen molar-refractivity contribution in [3.63, 3.8) is 0 Å². The topological polar surface area (TPSA) is 56.1 Å². The molecular weight excluding hydrogens is 242 g/mol. The van der Waals surface area contributed by atoms with Gasteiger partial charge in [-0.1, -0.05) is 24.3 Å². The van der Waals surface area contributed by atoms with Gasteiger partial charge in [-0.15, -0.1) is 0 Å². The maximum absolute atomic E-state index is 11.2. The molecule has 0 aliphatic heterocycles. The summed E-state index contributed by atoms with van der Waals surface area (Å²) < 4.78 is 6.62. The number of methoxy groups -OCH3 is 1. The summed E-state index contributed by atoms with van der Waals surface area (Å²) in [5.41, 5.74) is 2.24. The molecule has 1 amide bonds. The largest absolute Gasteiger partial charge is 0.375 e. The number of nitrogens with one attached hydrogen (secondary N) is 1. The molecule has 0 aliphatic carbocycles. The molecule has 0 aliphatic rings. The molecule has 0 unspecified atom stereocenters. The highest BCUT2D eigenvalue weighted by Crippen LogP contribution is 2.06. The van der Waals surface area contributed by atoms with Crippen LogP contribution in [0.4, 0.5) is 0 Å². The number of hydrogen-bond donors (Lipinski definition) is 1. The molecule has 0 saturated carbocycles. The Morgan fingerprint density at radius 3 is 2.68 bits per heavy atom. The third-order valence-corrected chi connectivity index (χ3v) is 2.69. The van der Waals surface area contributed by atoms with E-state index in [1.807, 2.05) is 41.2 Å². The van der Waals surface area contributed by atoms with Crippen LogP contribution in [0.15, 0.2) is 42.7 Å². The molecule has 1 aromatic carbocycles. The predicted molar refractivity (Wildman–Crippen MR) is 71.5 cm³/mol. The number of hydrogen-bond acceptors (Lipinski definition) is 3. The molecule has 2 aromatic rings. The molecule has 1 heterocycles. The second-order valence-corrected chi connectivity index (χ2v) is 4.23. The van der Waals surface area contributed by atoms with Crippen LogP contribution in [0.5, 0.6) is 0 Å². The van der Waals surface area contributed by atoms with E-state index in [0.717, 1.165) is 12.1 Å². The highest BCUT2D eigenvalue weighted by atomic mass is 16.5. The number of ether oxygens (including phenoxy) is 1. The van der Waals surface area contributed by atoms with Crippen LogP contribution in [0, 0.1) is 0 Å². The fourth-order valence-corrected chi connectivity index (χ4v) is 1.73. The average Bonchev–Trinajstić information content (AvgIpc) is 2.91. The lowest BCUT2D eigenvalue weighted by Gasteiger charge is -2.06. The molecule has 0 fully saturated rings. The van der Waals surface area contributed by atoms with Gasteiger partial charge in [0.15, 0.2) is 0 Å². The summed E-state index contributed by atoms with van der Waals surface area (Å²) in [6.07, 6.45) is 3.69. The fraction of sp³-hybridized carbons (Fsp3) is 0.286. The Morgan fingerprint density at radius 1 is 1.32 bits per heavy atom. The lowest BCUT2D eigenvalue weighted by Crippen LogP contribution is -2.26. The Kier molecular flexibility index (Phi) is 4.69. The first-order valence-electron chi connectivity index (χ1n) is 6.09. The summed E-state index contributed by atoms with van der Waals surface area (Å²) >= 11 is 0. The van der Waals surface area contributed by atoms with Crippen molar-refractivity contribution in [2.75, 3.05) is 13.7 Å². The zero-order valence-electron chi connectivity index (χ0n) is 10.9. The van der Waals surface area contributed by atoms with E-state index in [1.54, 1.807) is 6.20 Å². The molecule has 0 radical (unpaired) electrons. The average molecular weight is 259 g/mol. The SMILES string of the molecule is COCC(=O)NCc1ccc(Cn2cccn2)cc1. The van der Waals surface area contributed by atoms with Crippen molar-refractivity contribution in [1.82, 2.24) is 15.1 Å². The van der Waals surface area contributed by atoms with Gasteiger partial charge in [0.25, 0.3) is 0 Å². The number of amides is 1. The maximum Gasteiger partial charge on any atom is 0.246 e. The summed E-state index contributed by atoms with van der Waals surface area (Å²) in [6.45, 7) is 1.37. The molecule has 2 rings (SSSR count). The molecule has 1 N–H and O–H groups in total. The van der Waals surface area contributed by atoms with Crippen LogP contribution in [0.25, 0.3) is 0 Å². The second kappa shape index (κ2) is 6.70. The molecule has 0 bridgehead atoms. The summed E-state index contributed by atoms with van der Waals surface area (Å²) in [4.78, 5) is 11.2. The van der Waals surface area contributed by atoms with E-state index in [0.29, 0.717) is 6.54 Å².